The van der Waals surface area contributed by atoms with Gasteiger partial charge >= 0.3 is 12.0 Å². The quantitative estimate of drug-likeness (QED) is 0.715. The predicted octanol–water partition coefficient (Wildman–Crippen LogP) is 1.59. The summed E-state index contributed by atoms with van der Waals surface area (Å²) >= 11 is 0. The van der Waals surface area contributed by atoms with Gasteiger partial charge in [0, 0.05) is 18.5 Å². The summed E-state index contributed by atoms with van der Waals surface area (Å²) in [5.41, 5.74) is 0. The van der Waals surface area contributed by atoms with Gasteiger partial charge in [-0.3, -0.25) is 4.79 Å². The normalized spacial score (nSPS) is 36.7. The second kappa shape index (κ2) is 8.36. The number of carboxylic acid groups (broad SMARTS) is 1. The van der Waals surface area contributed by atoms with Crippen molar-refractivity contribution in [2.75, 3.05) is 19.8 Å². The fraction of sp³-hybridized carbons (Fsp3) is 0.889. The first kappa shape index (κ1) is 18.5. The zero-order valence-electron chi connectivity index (χ0n) is 14.7. The van der Waals surface area contributed by atoms with Crippen LogP contribution in [-0.4, -0.2) is 65.1 Å². The Morgan fingerprint density at radius 2 is 1.76 bits per heavy atom. The van der Waals surface area contributed by atoms with Crippen LogP contribution in [0, 0.1) is 11.8 Å². The fourth-order valence-electron chi connectivity index (χ4n) is 4.56. The van der Waals surface area contributed by atoms with Crippen LogP contribution in [0.3, 0.4) is 0 Å². The molecule has 3 fully saturated rings. The predicted molar refractivity (Wildman–Crippen MR) is 91.2 cm³/mol. The number of morpholine rings is 1. The standard InChI is InChI=1S/C18H30N2O5/c21-16-4-2-1-3-14(16)15-11-25-10-9-20(15)18(24)19-13-7-5-12(6-8-13)17(22)23/h12-16,21H,1-11H2,(H,19,24)(H,22,23). The molecule has 0 aromatic carbocycles. The number of amides is 2. The van der Waals surface area contributed by atoms with E-state index in [0.717, 1.165) is 25.7 Å². The topological polar surface area (TPSA) is 99.1 Å². The molecule has 7 heteroatoms. The Bertz CT molecular complexity index is 478. The molecule has 1 aliphatic heterocycles. The molecule has 3 N–H and O–H groups in total. The molecule has 3 unspecified atom stereocenters. The van der Waals surface area contributed by atoms with Crippen LogP contribution in [0.4, 0.5) is 4.79 Å². The summed E-state index contributed by atoms with van der Waals surface area (Å²) in [4.78, 5) is 25.7. The van der Waals surface area contributed by atoms with E-state index < -0.39 is 5.97 Å². The van der Waals surface area contributed by atoms with Crippen molar-refractivity contribution >= 4 is 12.0 Å². The minimum Gasteiger partial charge on any atom is -0.481 e. The highest BCUT2D eigenvalue weighted by molar-refractivity contribution is 5.75. The van der Waals surface area contributed by atoms with Gasteiger partial charge in [0.25, 0.3) is 0 Å². The van der Waals surface area contributed by atoms with Gasteiger partial charge in [0.05, 0.1) is 31.3 Å². The van der Waals surface area contributed by atoms with Crippen molar-refractivity contribution in [3.05, 3.63) is 0 Å². The van der Waals surface area contributed by atoms with Gasteiger partial charge in [0.15, 0.2) is 0 Å². The number of aliphatic hydroxyl groups is 1. The van der Waals surface area contributed by atoms with E-state index in [2.05, 4.69) is 5.32 Å². The minimum atomic E-state index is -0.732. The molecular weight excluding hydrogens is 324 g/mol. The van der Waals surface area contributed by atoms with E-state index in [9.17, 15) is 14.7 Å². The Morgan fingerprint density at radius 3 is 2.44 bits per heavy atom. The van der Waals surface area contributed by atoms with Crippen molar-refractivity contribution < 1.29 is 24.5 Å². The van der Waals surface area contributed by atoms with Crippen LogP contribution in [0.5, 0.6) is 0 Å². The molecule has 0 radical (unpaired) electrons. The molecule has 1 saturated heterocycles. The summed E-state index contributed by atoms with van der Waals surface area (Å²) in [6.45, 7) is 1.56. The van der Waals surface area contributed by atoms with Crippen molar-refractivity contribution in [1.29, 1.82) is 0 Å². The molecule has 3 rings (SSSR count). The van der Waals surface area contributed by atoms with E-state index in [0.29, 0.717) is 45.4 Å². The smallest absolute Gasteiger partial charge is 0.318 e. The molecule has 3 aliphatic rings. The molecule has 142 valence electrons. The largest absolute Gasteiger partial charge is 0.481 e. The molecule has 7 nitrogen and oxygen atoms in total. The Labute approximate surface area is 148 Å². The Hall–Kier alpha value is -1.34. The maximum Gasteiger partial charge on any atom is 0.318 e. The van der Waals surface area contributed by atoms with Gasteiger partial charge in [0.1, 0.15) is 0 Å². The number of aliphatic hydroxyl groups excluding tert-OH is 1. The molecule has 2 aliphatic carbocycles. The number of nitrogens with one attached hydrogen (secondary N) is 1. The van der Waals surface area contributed by atoms with Gasteiger partial charge in [-0.2, -0.15) is 0 Å². The number of urea groups is 1. The van der Waals surface area contributed by atoms with Crippen LogP contribution >= 0.6 is 0 Å². The van der Waals surface area contributed by atoms with Crippen molar-refractivity contribution in [1.82, 2.24) is 10.2 Å². The van der Waals surface area contributed by atoms with Gasteiger partial charge in [-0.05, 0) is 38.5 Å². The zero-order chi connectivity index (χ0) is 17.8. The second-order valence-electron chi connectivity index (χ2n) is 7.69. The Kier molecular flexibility index (Phi) is 6.17. The van der Waals surface area contributed by atoms with Crippen molar-refractivity contribution in [2.24, 2.45) is 11.8 Å². The lowest BCUT2D eigenvalue weighted by Crippen LogP contribution is -2.58. The highest BCUT2D eigenvalue weighted by Crippen LogP contribution is 2.31. The lowest BCUT2D eigenvalue weighted by molar-refractivity contribution is -0.142. The van der Waals surface area contributed by atoms with Gasteiger partial charge in [0.2, 0.25) is 0 Å². The first-order chi connectivity index (χ1) is 12.1. The van der Waals surface area contributed by atoms with Crippen molar-refractivity contribution in [2.45, 2.75) is 69.6 Å². The van der Waals surface area contributed by atoms with Crippen LogP contribution in [0.25, 0.3) is 0 Å². The average molecular weight is 354 g/mol. The van der Waals surface area contributed by atoms with Gasteiger partial charge in [-0.25, -0.2) is 4.79 Å². The number of ether oxygens (including phenoxy) is 1. The minimum absolute atomic E-state index is 0.0443. The lowest BCUT2D eigenvalue weighted by atomic mass is 9.81. The average Bonchev–Trinajstić information content (AvgIpc) is 2.62. The first-order valence-corrected chi connectivity index (χ1v) is 9.62. The third-order valence-corrected chi connectivity index (χ3v) is 6.11. The highest BCUT2D eigenvalue weighted by atomic mass is 16.5. The van der Waals surface area contributed by atoms with Gasteiger partial charge in [-0.15, -0.1) is 0 Å². The molecule has 0 aromatic heterocycles. The lowest BCUT2D eigenvalue weighted by Gasteiger charge is -2.43. The van der Waals surface area contributed by atoms with E-state index in [-0.39, 0.29) is 36.1 Å². The van der Waals surface area contributed by atoms with Crippen molar-refractivity contribution in [3.8, 4) is 0 Å². The van der Waals surface area contributed by atoms with E-state index in [1.807, 2.05) is 4.90 Å². The molecule has 0 bridgehead atoms. The highest BCUT2D eigenvalue weighted by Gasteiger charge is 2.39. The number of hydrogen-bond acceptors (Lipinski definition) is 4. The van der Waals surface area contributed by atoms with E-state index in [1.165, 1.54) is 0 Å². The number of carboxylic acids is 1. The van der Waals surface area contributed by atoms with E-state index in [1.54, 1.807) is 0 Å². The number of carbonyl (C=O) groups is 2. The maximum atomic E-state index is 12.8. The Balaban J connectivity index is 1.57. The number of hydrogen-bond donors (Lipinski definition) is 3. The SMILES string of the molecule is O=C(O)C1CCC(NC(=O)N2CCOCC2C2CCCCC2O)CC1. The van der Waals surface area contributed by atoms with Crippen LogP contribution in [-0.2, 0) is 9.53 Å². The summed E-state index contributed by atoms with van der Waals surface area (Å²) in [7, 11) is 0. The molecule has 0 spiro atoms. The number of carbonyl (C=O) groups excluding carboxylic acids is 1. The van der Waals surface area contributed by atoms with Gasteiger partial charge in [-0.1, -0.05) is 12.8 Å². The molecule has 2 saturated carbocycles. The molecule has 3 atom stereocenters. The zero-order valence-corrected chi connectivity index (χ0v) is 14.7. The summed E-state index contributed by atoms with van der Waals surface area (Å²) in [6.07, 6.45) is 6.17. The third-order valence-electron chi connectivity index (χ3n) is 6.11. The fourth-order valence-corrected chi connectivity index (χ4v) is 4.56. The summed E-state index contributed by atoms with van der Waals surface area (Å²) in [6, 6.07) is -0.118. The van der Waals surface area contributed by atoms with Gasteiger partial charge < -0.3 is 25.2 Å². The summed E-state index contributed by atoms with van der Waals surface area (Å²) in [5, 5.41) is 22.5. The molecular formula is C18H30N2O5. The van der Waals surface area contributed by atoms with Crippen LogP contribution in [0.15, 0.2) is 0 Å². The molecule has 25 heavy (non-hydrogen) atoms. The maximum absolute atomic E-state index is 12.8. The molecule has 1 heterocycles. The van der Waals surface area contributed by atoms with E-state index >= 15 is 0 Å². The monoisotopic (exact) mass is 354 g/mol. The summed E-state index contributed by atoms with van der Waals surface area (Å²) in [5.74, 6) is -0.923. The first-order valence-electron chi connectivity index (χ1n) is 9.62. The third kappa shape index (κ3) is 4.44. The number of aliphatic carboxylic acids is 1. The van der Waals surface area contributed by atoms with E-state index in [4.69, 9.17) is 9.84 Å². The number of rotatable bonds is 3. The van der Waals surface area contributed by atoms with Crippen LogP contribution in [0.1, 0.15) is 51.4 Å². The van der Waals surface area contributed by atoms with Crippen LogP contribution < -0.4 is 5.32 Å². The molecule has 2 amide bonds. The molecule has 0 aromatic rings. The van der Waals surface area contributed by atoms with Crippen LogP contribution in [0.2, 0.25) is 0 Å². The number of nitrogens with zero attached hydrogens (tertiary/aromatic N) is 1. The summed E-state index contributed by atoms with van der Waals surface area (Å²) < 4.78 is 5.60. The Morgan fingerprint density at radius 1 is 1.04 bits per heavy atom. The van der Waals surface area contributed by atoms with Crippen molar-refractivity contribution in [3.63, 3.8) is 0 Å². The second-order valence-corrected chi connectivity index (χ2v) is 7.69.